The van der Waals surface area contributed by atoms with Crippen molar-refractivity contribution in [1.29, 1.82) is 0 Å². The Labute approximate surface area is 60.6 Å². The van der Waals surface area contributed by atoms with Crippen molar-refractivity contribution in [1.82, 2.24) is 0 Å². The van der Waals surface area contributed by atoms with Gasteiger partial charge < -0.3 is 5.11 Å². The summed E-state index contributed by atoms with van der Waals surface area (Å²) in [5.74, 6) is 0. The molecule has 0 saturated heterocycles. The second-order valence-corrected chi connectivity index (χ2v) is 2.27. The second kappa shape index (κ2) is 5.70. The minimum absolute atomic E-state index is 0.0289. The smallest absolute Gasteiger partial charge is 0.0751 e. The van der Waals surface area contributed by atoms with E-state index in [9.17, 15) is 0 Å². The van der Waals surface area contributed by atoms with Gasteiger partial charge in [-0.05, 0) is 12.8 Å². The third-order valence-electron chi connectivity index (χ3n) is 0.970. The van der Waals surface area contributed by atoms with E-state index in [0.717, 1.165) is 19.1 Å². The molecule has 1 unspecified atom stereocenters. The highest BCUT2D eigenvalue weighted by Crippen LogP contribution is 2.05. The Morgan fingerprint density at radius 2 is 2.33 bits per heavy atom. The van der Waals surface area contributed by atoms with Gasteiger partial charge in [-0.3, -0.25) is 0 Å². The minimum Gasteiger partial charge on any atom is -0.516 e. The highest BCUT2D eigenvalue weighted by atomic mass is 35.5. The number of aliphatic hydroxyl groups is 1. The molecule has 0 aliphatic rings. The van der Waals surface area contributed by atoms with E-state index in [0.29, 0.717) is 0 Å². The molecule has 0 aromatic heterocycles. The van der Waals surface area contributed by atoms with Gasteiger partial charge in [0.1, 0.15) is 0 Å². The van der Waals surface area contributed by atoms with Crippen molar-refractivity contribution in [2.24, 2.45) is 0 Å². The Balaban J connectivity index is 3.16. The zero-order valence-electron chi connectivity index (χ0n) is 5.26. The van der Waals surface area contributed by atoms with Gasteiger partial charge in [0.05, 0.1) is 11.6 Å². The molecule has 0 aromatic rings. The molecule has 1 atom stereocenters. The van der Waals surface area contributed by atoms with E-state index < -0.39 is 0 Å². The monoisotopic (exact) mass is 146 g/mol. The van der Waals surface area contributed by atoms with Crippen LogP contribution in [-0.4, -0.2) is 10.5 Å². The van der Waals surface area contributed by atoms with Crippen LogP contribution in [0.4, 0.5) is 0 Å². The number of alkyl halides is 1. The van der Waals surface area contributed by atoms with E-state index in [1.54, 1.807) is 12.2 Å². The van der Waals surface area contributed by atoms with E-state index in [4.69, 9.17) is 16.7 Å². The molecule has 0 saturated carbocycles. The molecule has 0 fully saturated rings. The normalized spacial score (nSPS) is 13.9. The van der Waals surface area contributed by atoms with Gasteiger partial charge in [-0.1, -0.05) is 12.2 Å². The number of aliphatic hydroxyl groups excluding tert-OH is 1. The number of rotatable bonds is 4. The van der Waals surface area contributed by atoms with E-state index in [1.165, 1.54) is 0 Å². The van der Waals surface area contributed by atoms with Crippen LogP contribution in [-0.2, 0) is 0 Å². The van der Waals surface area contributed by atoms with Crippen LogP contribution < -0.4 is 0 Å². The molecule has 1 N–H and O–H groups in total. The summed E-state index contributed by atoms with van der Waals surface area (Å²) in [6, 6.07) is 0. The standard InChI is InChI=1S/C7H11ClO/c1-2-7(8)5-3-4-6-9/h2,4,6-7,9H,1,3,5H2/b6-4+. The largest absolute Gasteiger partial charge is 0.516 e. The quantitative estimate of drug-likeness (QED) is 0.367. The van der Waals surface area contributed by atoms with Gasteiger partial charge in [0.2, 0.25) is 0 Å². The number of hydrogen-bond donors (Lipinski definition) is 1. The number of hydrogen-bond acceptors (Lipinski definition) is 1. The molecule has 0 aromatic carbocycles. The summed E-state index contributed by atoms with van der Waals surface area (Å²) in [6.45, 7) is 3.52. The number of halogens is 1. The summed E-state index contributed by atoms with van der Waals surface area (Å²) in [7, 11) is 0. The molecule has 2 heteroatoms. The molecule has 0 aliphatic heterocycles. The molecule has 1 nitrogen and oxygen atoms in total. The van der Waals surface area contributed by atoms with Crippen LogP contribution in [0.25, 0.3) is 0 Å². The first-order valence-corrected chi connectivity index (χ1v) is 3.30. The fourth-order valence-corrected chi connectivity index (χ4v) is 0.574. The van der Waals surface area contributed by atoms with E-state index >= 15 is 0 Å². The van der Waals surface area contributed by atoms with Gasteiger partial charge in [-0.25, -0.2) is 0 Å². The van der Waals surface area contributed by atoms with Gasteiger partial charge in [-0.2, -0.15) is 0 Å². The topological polar surface area (TPSA) is 20.2 Å². The van der Waals surface area contributed by atoms with Crippen LogP contribution in [0.15, 0.2) is 25.0 Å². The van der Waals surface area contributed by atoms with Crippen molar-refractivity contribution >= 4 is 11.6 Å². The fourth-order valence-electron chi connectivity index (χ4n) is 0.448. The summed E-state index contributed by atoms with van der Waals surface area (Å²) in [4.78, 5) is 0. The van der Waals surface area contributed by atoms with Crippen LogP contribution in [0, 0.1) is 0 Å². The maximum absolute atomic E-state index is 8.20. The first-order chi connectivity index (χ1) is 4.31. The van der Waals surface area contributed by atoms with Crippen LogP contribution in [0.5, 0.6) is 0 Å². The van der Waals surface area contributed by atoms with Crippen molar-refractivity contribution in [3.8, 4) is 0 Å². The summed E-state index contributed by atoms with van der Waals surface area (Å²) in [5.41, 5.74) is 0. The minimum atomic E-state index is 0.0289. The molecule has 0 bridgehead atoms. The molecular formula is C7H11ClO. The van der Waals surface area contributed by atoms with Crippen molar-refractivity contribution in [2.75, 3.05) is 0 Å². The van der Waals surface area contributed by atoms with E-state index in [1.807, 2.05) is 0 Å². The highest BCUT2D eigenvalue weighted by Gasteiger charge is 1.93. The number of allylic oxidation sites excluding steroid dienone is 2. The average Bonchev–Trinajstić information content (AvgIpc) is 1.89. The maximum Gasteiger partial charge on any atom is 0.0751 e. The lowest BCUT2D eigenvalue weighted by Crippen LogP contribution is -1.89. The summed E-state index contributed by atoms with van der Waals surface area (Å²) >= 11 is 5.67. The second-order valence-electron chi connectivity index (χ2n) is 1.71. The predicted molar refractivity (Wildman–Crippen MR) is 40.8 cm³/mol. The molecule has 0 rings (SSSR count). The van der Waals surface area contributed by atoms with E-state index in [2.05, 4.69) is 6.58 Å². The molecule has 0 aliphatic carbocycles. The van der Waals surface area contributed by atoms with Crippen molar-refractivity contribution in [3.05, 3.63) is 25.0 Å². The Kier molecular flexibility index (Phi) is 5.43. The van der Waals surface area contributed by atoms with Crippen molar-refractivity contribution in [2.45, 2.75) is 18.2 Å². The third kappa shape index (κ3) is 5.44. The lowest BCUT2D eigenvalue weighted by Gasteiger charge is -1.97. The lowest BCUT2D eigenvalue weighted by atomic mass is 10.2. The zero-order chi connectivity index (χ0) is 7.11. The Morgan fingerprint density at radius 1 is 1.67 bits per heavy atom. The van der Waals surface area contributed by atoms with Crippen LogP contribution in [0.2, 0.25) is 0 Å². The van der Waals surface area contributed by atoms with Crippen molar-refractivity contribution < 1.29 is 5.11 Å². The molecule has 0 heterocycles. The Hall–Kier alpha value is -0.430. The maximum atomic E-state index is 8.20. The molecule has 0 amide bonds. The Morgan fingerprint density at radius 3 is 2.78 bits per heavy atom. The molecule has 0 spiro atoms. The van der Waals surface area contributed by atoms with Crippen LogP contribution >= 0.6 is 11.6 Å². The van der Waals surface area contributed by atoms with Gasteiger partial charge in [-0.15, -0.1) is 18.2 Å². The zero-order valence-corrected chi connectivity index (χ0v) is 6.01. The summed E-state index contributed by atoms with van der Waals surface area (Å²) < 4.78 is 0. The molecule has 52 valence electrons. The van der Waals surface area contributed by atoms with Gasteiger partial charge >= 0.3 is 0 Å². The first-order valence-electron chi connectivity index (χ1n) is 2.87. The summed E-state index contributed by atoms with van der Waals surface area (Å²) in [6.07, 6.45) is 6.02. The summed E-state index contributed by atoms with van der Waals surface area (Å²) in [5, 5.41) is 8.23. The lowest BCUT2D eigenvalue weighted by molar-refractivity contribution is 0.470. The van der Waals surface area contributed by atoms with Crippen LogP contribution in [0.3, 0.4) is 0 Å². The highest BCUT2D eigenvalue weighted by molar-refractivity contribution is 6.21. The fraction of sp³-hybridized carbons (Fsp3) is 0.429. The molecule has 0 radical (unpaired) electrons. The molecule has 9 heavy (non-hydrogen) atoms. The van der Waals surface area contributed by atoms with E-state index in [-0.39, 0.29) is 5.38 Å². The average molecular weight is 147 g/mol. The Bertz CT molecular complexity index is 99.1. The van der Waals surface area contributed by atoms with Gasteiger partial charge in [0, 0.05) is 0 Å². The van der Waals surface area contributed by atoms with Crippen LogP contribution in [0.1, 0.15) is 12.8 Å². The SMILES string of the molecule is C=CC(Cl)CC/C=C/O. The third-order valence-corrected chi connectivity index (χ3v) is 1.37. The molecular weight excluding hydrogens is 136 g/mol. The van der Waals surface area contributed by atoms with Gasteiger partial charge in [0.15, 0.2) is 0 Å². The van der Waals surface area contributed by atoms with Crippen molar-refractivity contribution in [3.63, 3.8) is 0 Å². The van der Waals surface area contributed by atoms with Gasteiger partial charge in [0.25, 0.3) is 0 Å². The predicted octanol–water partition coefficient (Wildman–Crippen LogP) is 2.63. The first kappa shape index (κ1) is 8.57.